The lowest BCUT2D eigenvalue weighted by Gasteiger charge is -2.21. The third-order valence-electron chi connectivity index (χ3n) is 5.34. The van der Waals surface area contributed by atoms with Crippen molar-refractivity contribution >= 4 is 16.7 Å². The molecule has 0 saturated heterocycles. The SMILES string of the molecule is CC[NH+](CC)C[C@@H](O)Cn1c2c(c3cc(C)ccc31)CCCC2=O. The molecule has 0 radical (unpaired) electrons. The van der Waals surface area contributed by atoms with Crippen molar-refractivity contribution in [3.8, 4) is 0 Å². The third-order valence-corrected chi connectivity index (χ3v) is 5.34. The summed E-state index contributed by atoms with van der Waals surface area (Å²) in [4.78, 5) is 14.0. The Bertz CT molecular complexity index is 744. The van der Waals surface area contributed by atoms with Gasteiger partial charge in [0.2, 0.25) is 0 Å². The summed E-state index contributed by atoms with van der Waals surface area (Å²) in [7, 11) is 0. The van der Waals surface area contributed by atoms with Gasteiger partial charge in [0.25, 0.3) is 0 Å². The minimum Gasteiger partial charge on any atom is -0.385 e. The van der Waals surface area contributed by atoms with Crippen molar-refractivity contribution in [2.45, 2.75) is 52.7 Å². The summed E-state index contributed by atoms with van der Waals surface area (Å²) in [5.74, 6) is 0.229. The van der Waals surface area contributed by atoms with Gasteiger partial charge in [-0.15, -0.1) is 0 Å². The van der Waals surface area contributed by atoms with Gasteiger partial charge in [-0.3, -0.25) is 4.79 Å². The van der Waals surface area contributed by atoms with Crippen LogP contribution in [0.15, 0.2) is 18.2 Å². The summed E-state index contributed by atoms with van der Waals surface area (Å²) in [6.07, 6.45) is 2.09. The van der Waals surface area contributed by atoms with Gasteiger partial charge in [0.05, 0.1) is 25.3 Å². The van der Waals surface area contributed by atoms with E-state index in [2.05, 4.69) is 43.5 Å². The van der Waals surface area contributed by atoms with Crippen LogP contribution in [-0.4, -0.2) is 41.2 Å². The summed E-state index contributed by atoms with van der Waals surface area (Å²) >= 11 is 0. The second kappa shape index (κ2) is 7.08. The van der Waals surface area contributed by atoms with Crippen molar-refractivity contribution in [2.24, 2.45) is 0 Å². The first-order valence-corrected chi connectivity index (χ1v) is 9.21. The molecule has 2 aromatic rings. The molecule has 3 rings (SSSR count). The van der Waals surface area contributed by atoms with E-state index >= 15 is 0 Å². The Labute approximate surface area is 144 Å². The van der Waals surface area contributed by atoms with E-state index < -0.39 is 6.10 Å². The number of nitrogens with zero attached hydrogens (tertiary/aromatic N) is 1. The molecule has 0 amide bonds. The Balaban J connectivity index is 2.00. The zero-order valence-electron chi connectivity index (χ0n) is 15.1. The topological polar surface area (TPSA) is 46.7 Å². The van der Waals surface area contributed by atoms with Gasteiger partial charge in [0.1, 0.15) is 12.6 Å². The quantitative estimate of drug-likeness (QED) is 0.848. The molecular formula is C20H29N2O2+. The molecule has 2 N–H and O–H groups in total. The number of rotatable bonds is 6. The van der Waals surface area contributed by atoms with Crippen LogP contribution in [0.5, 0.6) is 0 Å². The van der Waals surface area contributed by atoms with Gasteiger partial charge >= 0.3 is 0 Å². The van der Waals surface area contributed by atoms with Gasteiger partial charge in [0, 0.05) is 17.3 Å². The van der Waals surface area contributed by atoms with Gasteiger partial charge in [-0.05, 0) is 51.3 Å². The Morgan fingerprint density at radius 2 is 2.00 bits per heavy atom. The maximum absolute atomic E-state index is 12.6. The Morgan fingerprint density at radius 1 is 1.25 bits per heavy atom. The van der Waals surface area contributed by atoms with Crippen molar-refractivity contribution < 1.29 is 14.8 Å². The highest BCUT2D eigenvalue weighted by atomic mass is 16.3. The largest absolute Gasteiger partial charge is 0.385 e. The van der Waals surface area contributed by atoms with E-state index in [1.54, 1.807) is 0 Å². The minimum absolute atomic E-state index is 0.229. The molecule has 4 heteroatoms. The Kier molecular flexibility index (Phi) is 5.07. The first-order chi connectivity index (χ1) is 11.5. The number of fused-ring (bicyclic) bond motifs is 3. The molecule has 0 saturated carbocycles. The fourth-order valence-electron chi connectivity index (χ4n) is 3.99. The van der Waals surface area contributed by atoms with Crippen LogP contribution in [0, 0.1) is 6.92 Å². The lowest BCUT2D eigenvalue weighted by atomic mass is 9.94. The van der Waals surface area contributed by atoms with Crippen LogP contribution in [0.25, 0.3) is 10.9 Å². The summed E-state index contributed by atoms with van der Waals surface area (Å²) in [5, 5.41) is 11.8. The number of benzene rings is 1. The molecule has 0 fully saturated rings. The lowest BCUT2D eigenvalue weighted by molar-refractivity contribution is -0.899. The second-order valence-corrected chi connectivity index (χ2v) is 7.05. The number of Topliss-reactive ketones (excluding diaryl/α,β-unsaturated/α-hetero) is 1. The lowest BCUT2D eigenvalue weighted by Crippen LogP contribution is -3.12. The van der Waals surface area contributed by atoms with Gasteiger partial charge in [-0.1, -0.05) is 11.6 Å². The normalized spacial score (nSPS) is 16.0. The molecule has 1 aliphatic rings. The van der Waals surface area contributed by atoms with Crippen LogP contribution in [0.3, 0.4) is 0 Å². The zero-order valence-corrected chi connectivity index (χ0v) is 15.1. The number of ketones is 1. The zero-order chi connectivity index (χ0) is 17.3. The fourth-order valence-corrected chi connectivity index (χ4v) is 3.99. The number of aromatic nitrogens is 1. The minimum atomic E-state index is -0.435. The van der Waals surface area contributed by atoms with Crippen molar-refractivity contribution in [3.05, 3.63) is 35.0 Å². The first kappa shape index (κ1) is 17.2. The van der Waals surface area contributed by atoms with Gasteiger partial charge < -0.3 is 14.6 Å². The van der Waals surface area contributed by atoms with Crippen LogP contribution in [-0.2, 0) is 13.0 Å². The van der Waals surface area contributed by atoms with Crippen LogP contribution in [0.2, 0.25) is 0 Å². The molecule has 1 heterocycles. The predicted octanol–water partition coefficient (Wildman–Crippen LogP) is 1.75. The number of aliphatic hydroxyl groups excluding tert-OH is 1. The summed E-state index contributed by atoms with van der Waals surface area (Å²) in [6, 6.07) is 6.38. The summed E-state index contributed by atoms with van der Waals surface area (Å²) < 4.78 is 2.08. The molecule has 1 aromatic heterocycles. The van der Waals surface area contributed by atoms with Crippen molar-refractivity contribution in [1.82, 2.24) is 4.57 Å². The monoisotopic (exact) mass is 329 g/mol. The third kappa shape index (κ3) is 3.13. The Hall–Kier alpha value is -1.65. The van der Waals surface area contributed by atoms with Crippen LogP contribution in [0.4, 0.5) is 0 Å². The number of hydrogen-bond acceptors (Lipinski definition) is 2. The highest BCUT2D eigenvalue weighted by molar-refractivity contribution is 6.04. The van der Waals surface area contributed by atoms with E-state index in [4.69, 9.17) is 0 Å². The fraction of sp³-hybridized carbons (Fsp3) is 0.550. The second-order valence-electron chi connectivity index (χ2n) is 7.05. The predicted molar refractivity (Wildman–Crippen MR) is 96.9 cm³/mol. The maximum Gasteiger partial charge on any atom is 0.179 e. The number of quaternary nitrogens is 1. The molecule has 0 unspecified atom stereocenters. The van der Waals surface area contributed by atoms with Crippen molar-refractivity contribution in [2.75, 3.05) is 19.6 Å². The standard InChI is InChI=1S/C20H28N2O2/c1-4-21(5-2)12-15(23)13-22-18-10-9-14(3)11-17(18)16-7-6-8-19(24)20(16)22/h9-11,15,23H,4-8,12-13H2,1-3H3/p+1/t15-/m1/s1. The first-order valence-electron chi connectivity index (χ1n) is 9.21. The van der Waals surface area contributed by atoms with Gasteiger partial charge in [0.15, 0.2) is 5.78 Å². The van der Waals surface area contributed by atoms with Gasteiger partial charge in [-0.2, -0.15) is 0 Å². The van der Waals surface area contributed by atoms with E-state index in [0.717, 1.165) is 43.7 Å². The van der Waals surface area contributed by atoms with Gasteiger partial charge in [-0.25, -0.2) is 0 Å². The molecule has 0 bridgehead atoms. The number of carbonyl (C=O) groups is 1. The molecule has 1 aromatic carbocycles. The molecule has 130 valence electrons. The van der Waals surface area contributed by atoms with E-state index in [9.17, 15) is 9.90 Å². The van der Waals surface area contributed by atoms with E-state index in [0.29, 0.717) is 13.0 Å². The molecule has 1 atom stereocenters. The molecule has 0 aliphatic heterocycles. The highest BCUT2D eigenvalue weighted by Gasteiger charge is 2.27. The molecule has 4 nitrogen and oxygen atoms in total. The number of nitrogens with one attached hydrogen (secondary N) is 1. The summed E-state index contributed by atoms with van der Waals surface area (Å²) in [6.45, 7) is 9.63. The molecule has 1 aliphatic carbocycles. The van der Waals surface area contributed by atoms with Crippen molar-refractivity contribution in [1.29, 1.82) is 0 Å². The maximum atomic E-state index is 12.6. The molecule has 0 spiro atoms. The average molecular weight is 329 g/mol. The number of aliphatic hydroxyl groups is 1. The molecular weight excluding hydrogens is 300 g/mol. The number of carbonyl (C=O) groups excluding carboxylic acids is 1. The smallest absolute Gasteiger partial charge is 0.179 e. The summed E-state index contributed by atoms with van der Waals surface area (Å²) in [5.41, 5.74) is 4.34. The average Bonchev–Trinajstić information content (AvgIpc) is 2.87. The number of hydrogen-bond donors (Lipinski definition) is 2. The van der Waals surface area contributed by atoms with E-state index in [-0.39, 0.29) is 5.78 Å². The number of aryl methyl sites for hydroxylation is 2. The molecule has 24 heavy (non-hydrogen) atoms. The van der Waals surface area contributed by atoms with Crippen LogP contribution in [0.1, 0.15) is 48.3 Å². The number of likely N-dealkylation sites (N-methyl/N-ethyl adjacent to an activating group) is 1. The highest BCUT2D eigenvalue weighted by Crippen LogP contribution is 2.33. The van der Waals surface area contributed by atoms with Crippen LogP contribution < -0.4 is 4.90 Å². The van der Waals surface area contributed by atoms with E-state index in [1.165, 1.54) is 21.4 Å². The van der Waals surface area contributed by atoms with Crippen molar-refractivity contribution in [3.63, 3.8) is 0 Å². The van der Waals surface area contributed by atoms with Crippen LogP contribution >= 0.6 is 0 Å². The Morgan fingerprint density at radius 3 is 2.71 bits per heavy atom. The van der Waals surface area contributed by atoms with E-state index in [1.807, 2.05) is 0 Å².